The molecule has 1 aromatic rings. The molecule has 2 atom stereocenters. The average Bonchev–Trinajstić information content (AvgIpc) is 3.00. The second-order valence-electron chi connectivity index (χ2n) is 6.58. The van der Waals surface area contributed by atoms with Crippen molar-refractivity contribution in [2.75, 3.05) is 13.1 Å². The second-order valence-corrected chi connectivity index (χ2v) is 6.58. The van der Waals surface area contributed by atoms with Gasteiger partial charge in [0.2, 0.25) is 0 Å². The largest absolute Gasteiger partial charge is 0.357 e. The van der Waals surface area contributed by atoms with Crippen LogP contribution in [0.3, 0.4) is 0 Å². The Hall–Kier alpha value is -1.59. The summed E-state index contributed by atoms with van der Waals surface area (Å²) in [7, 11) is 0. The van der Waals surface area contributed by atoms with E-state index in [1.807, 2.05) is 4.57 Å². The zero-order valence-electron chi connectivity index (χ0n) is 14.9. The molecule has 6 nitrogen and oxygen atoms in total. The van der Waals surface area contributed by atoms with E-state index < -0.39 is 0 Å². The van der Waals surface area contributed by atoms with Gasteiger partial charge < -0.3 is 15.2 Å². The van der Waals surface area contributed by atoms with E-state index in [-0.39, 0.29) is 0 Å². The zero-order valence-corrected chi connectivity index (χ0v) is 14.9. The molecule has 2 N–H and O–H groups in total. The van der Waals surface area contributed by atoms with E-state index in [0.717, 1.165) is 43.3 Å². The molecule has 2 unspecified atom stereocenters. The minimum atomic E-state index is 0.559. The van der Waals surface area contributed by atoms with Crippen LogP contribution in [0.25, 0.3) is 0 Å². The summed E-state index contributed by atoms with van der Waals surface area (Å²) >= 11 is 0. The summed E-state index contributed by atoms with van der Waals surface area (Å²) in [6.45, 7) is 9.86. The molecule has 23 heavy (non-hydrogen) atoms. The lowest BCUT2D eigenvalue weighted by Crippen LogP contribution is -2.38. The maximum atomic E-state index is 4.63. The number of aliphatic imine (C=N–C) groups is 1. The molecule has 0 bridgehead atoms. The number of nitrogens with one attached hydrogen (secondary N) is 2. The van der Waals surface area contributed by atoms with Gasteiger partial charge in [-0.05, 0) is 38.5 Å². The lowest BCUT2D eigenvalue weighted by Gasteiger charge is -2.26. The van der Waals surface area contributed by atoms with Crippen LogP contribution in [0.4, 0.5) is 0 Å². The van der Waals surface area contributed by atoms with Crippen molar-refractivity contribution in [3.05, 3.63) is 12.2 Å². The molecule has 0 radical (unpaired) electrons. The minimum Gasteiger partial charge on any atom is -0.357 e. The highest BCUT2D eigenvalue weighted by atomic mass is 15.3. The lowest BCUT2D eigenvalue weighted by atomic mass is 9.81. The van der Waals surface area contributed by atoms with E-state index in [2.05, 4.69) is 46.6 Å². The van der Waals surface area contributed by atoms with Crippen molar-refractivity contribution in [1.82, 2.24) is 25.4 Å². The molecule has 0 aliphatic heterocycles. The Balaban J connectivity index is 1.79. The third-order valence-electron chi connectivity index (χ3n) is 4.65. The summed E-state index contributed by atoms with van der Waals surface area (Å²) in [4.78, 5) is 4.63. The fourth-order valence-corrected chi connectivity index (χ4v) is 3.37. The normalized spacial score (nSPS) is 22.1. The van der Waals surface area contributed by atoms with Crippen LogP contribution in [-0.4, -0.2) is 33.8 Å². The highest BCUT2D eigenvalue weighted by molar-refractivity contribution is 5.79. The summed E-state index contributed by atoms with van der Waals surface area (Å²) in [6, 6.07) is 0. The van der Waals surface area contributed by atoms with Crippen LogP contribution in [0.2, 0.25) is 0 Å². The standard InChI is InChI=1S/C17H32N6/c1-4-18-17(20-12-16-22-21-13-23(16)5-2)19-10-9-15-8-6-7-14(3)11-15/h13-15H,4-12H2,1-3H3,(H2,18,19,20). The first-order valence-electron chi connectivity index (χ1n) is 9.11. The molecule has 1 aliphatic carbocycles. The van der Waals surface area contributed by atoms with E-state index >= 15 is 0 Å². The fraction of sp³-hybridized carbons (Fsp3) is 0.824. The molecule has 0 amide bonds. The molecule has 1 aromatic heterocycles. The predicted molar refractivity (Wildman–Crippen MR) is 94.3 cm³/mol. The van der Waals surface area contributed by atoms with Gasteiger partial charge in [0, 0.05) is 19.6 Å². The van der Waals surface area contributed by atoms with Crippen molar-refractivity contribution in [2.24, 2.45) is 16.8 Å². The molecule has 1 aliphatic rings. The van der Waals surface area contributed by atoms with Gasteiger partial charge >= 0.3 is 0 Å². The summed E-state index contributed by atoms with van der Waals surface area (Å²) in [5.74, 6) is 3.56. The van der Waals surface area contributed by atoms with Crippen molar-refractivity contribution in [1.29, 1.82) is 0 Å². The van der Waals surface area contributed by atoms with Crippen LogP contribution in [0.5, 0.6) is 0 Å². The fourth-order valence-electron chi connectivity index (χ4n) is 3.37. The van der Waals surface area contributed by atoms with Gasteiger partial charge in [0.05, 0.1) is 0 Å². The Morgan fingerprint density at radius 1 is 1.35 bits per heavy atom. The van der Waals surface area contributed by atoms with Crippen LogP contribution < -0.4 is 10.6 Å². The maximum Gasteiger partial charge on any atom is 0.191 e. The van der Waals surface area contributed by atoms with Gasteiger partial charge in [-0.1, -0.05) is 26.2 Å². The quantitative estimate of drug-likeness (QED) is 0.598. The van der Waals surface area contributed by atoms with Gasteiger partial charge in [-0.25, -0.2) is 4.99 Å². The van der Waals surface area contributed by atoms with Crippen molar-refractivity contribution in [2.45, 2.75) is 66.0 Å². The predicted octanol–water partition coefficient (Wildman–Crippen LogP) is 2.57. The highest BCUT2D eigenvalue weighted by Crippen LogP contribution is 2.30. The van der Waals surface area contributed by atoms with Crippen LogP contribution >= 0.6 is 0 Å². The van der Waals surface area contributed by atoms with E-state index in [0.29, 0.717) is 6.54 Å². The Bertz CT molecular complexity index is 481. The molecule has 130 valence electrons. The summed E-state index contributed by atoms with van der Waals surface area (Å²) in [5.41, 5.74) is 0. The van der Waals surface area contributed by atoms with E-state index in [4.69, 9.17) is 0 Å². The van der Waals surface area contributed by atoms with Crippen molar-refractivity contribution < 1.29 is 0 Å². The number of hydrogen-bond acceptors (Lipinski definition) is 3. The minimum absolute atomic E-state index is 0.559. The smallest absolute Gasteiger partial charge is 0.191 e. The topological polar surface area (TPSA) is 67.1 Å². The lowest BCUT2D eigenvalue weighted by molar-refractivity contribution is 0.270. The molecule has 1 saturated carbocycles. The Labute approximate surface area is 140 Å². The first kappa shape index (κ1) is 17.8. The number of guanidine groups is 1. The molecule has 1 heterocycles. The number of aryl methyl sites for hydroxylation is 1. The molecule has 0 aromatic carbocycles. The van der Waals surface area contributed by atoms with Crippen LogP contribution in [-0.2, 0) is 13.1 Å². The monoisotopic (exact) mass is 320 g/mol. The highest BCUT2D eigenvalue weighted by Gasteiger charge is 2.18. The number of rotatable bonds is 7. The van der Waals surface area contributed by atoms with Crippen LogP contribution in [0.15, 0.2) is 11.3 Å². The molecule has 2 rings (SSSR count). The van der Waals surface area contributed by atoms with E-state index in [1.54, 1.807) is 6.33 Å². The van der Waals surface area contributed by atoms with Crippen LogP contribution in [0.1, 0.15) is 58.7 Å². The first-order chi connectivity index (χ1) is 11.2. The Morgan fingerprint density at radius 3 is 2.96 bits per heavy atom. The molecular formula is C17H32N6. The van der Waals surface area contributed by atoms with Gasteiger partial charge in [0.25, 0.3) is 0 Å². The molecule has 0 saturated heterocycles. The van der Waals surface area contributed by atoms with Gasteiger partial charge in [0.1, 0.15) is 12.9 Å². The third-order valence-corrected chi connectivity index (χ3v) is 4.65. The van der Waals surface area contributed by atoms with Crippen molar-refractivity contribution >= 4 is 5.96 Å². The van der Waals surface area contributed by atoms with Crippen LogP contribution in [0, 0.1) is 11.8 Å². The number of aromatic nitrogens is 3. The molecule has 0 spiro atoms. The van der Waals surface area contributed by atoms with Gasteiger partial charge in [0.15, 0.2) is 11.8 Å². The second kappa shape index (κ2) is 9.53. The maximum absolute atomic E-state index is 4.63. The van der Waals surface area contributed by atoms with E-state index in [9.17, 15) is 0 Å². The van der Waals surface area contributed by atoms with E-state index in [1.165, 1.54) is 32.1 Å². The average molecular weight is 320 g/mol. The van der Waals surface area contributed by atoms with Gasteiger partial charge in [-0.2, -0.15) is 0 Å². The first-order valence-corrected chi connectivity index (χ1v) is 9.11. The summed E-state index contributed by atoms with van der Waals surface area (Å²) < 4.78 is 2.02. The number of hydrogen-bond donors (Lipinski definition) is 2. The summed E-state index contributed by atoms with van der Waals surface area (Å²) in [6.07, 6.45) is 8.57. The zero-order chi connectivity index (χ0) is 16.5. The molecule has 6 heteroatoms. The molecule has 1 fully saturated rings. The van der Waals surface area contributed by atoms with Gasteiger partial charge in [-0.15, -0.1) is 10.2 Å². The molecular weight excluding hydrogens is 288 g/mol. The Kier molecular flexibility index (Phi) is 7.36. The van der Waals surface area contributed by atoms with Gasteiger partial charge in [-0.3, -0.25) is 0 Å². The SMILES string of the molecule is CCNC(=NCc1nncn1CC)NCCC1CCCC(C)C1. The third kappa shape index (κ3) is 5.84. The number of nitrogens with zero attached hydrogens (tertiary/aromatic N) is 4. The van der Waals surface area contributed by atoms with Crippen molar-refractivity contribution in [3.63, 3.8) is 0 Å². The van der Waals surface area contributed by atoms with Crippen molar-refractivity contribution in [3.8, 4) is 0 Å². The summed E-state index contributed by atoms with van der Waals surface area (Å²) in [5, 5.41) is 14.9. The Morgan fingerprint density at radius 2 is 2.22 bits per heavy atom.